The molecule has 0 N–H and O–H groups in total. The minimum atomic E-state index is -0.269. The Balaban J connectivity index is 1.11. The zero-order chi connectivity index (χ0) is 36.4. The van der Waals surface area contributed by atoms with Crippen LogP contribution in [0.2, 0.25) is 0 Å². The first kappa shape index (κ1) is 29.6. The van der Waals surface area contributed by atoms with E-state index in [0.717, 1.165) is 6.42 Å². The first-order valence-electron chi connectivity index (χ1n) is 20.1. The number of hydrogen-bond donors (Lipinski definition) is 0. The fraction of sp³-hybridized carbons (Fsp3) is 0.0714. The molecule has 0 aliphatic heterocycles. The number of fused-ring (bicyclic) bond motifs is 18. The first-order chi connectivity index (χ1) is 27.7. The summed E-state index contributed by atoms with van der Waals surface area (Å²) in [6.07, 6.45) is 8.10. The Kier molecular flexibility index (Phi) is 5.34. The molecule has 5 aliphatic rings. The molecule has 0 fully saturated rings. The summed E-state index contributed by atoms with van der Waals surface area (Å²) < 4.78 is 0. The third kappa shape index (κ3) is 3.29. The van der Waals surface area contributed by atoms with Gasteiger partial charge in [-0.15, -0.1) is 0 Å². The molecule has 0 aromatic heterocycles. The second kappa shape index (κ2) is 10.1. The van der Waals surface area contributed by atoms with Crippen LogP contribution in [0.5, 0.6) is 0 Å². The number of benzene rings is 9. The van der Waals surface area contributed by atoms with Gasteiger partial charge in [0, 0.05) is 5.92 Å². The highest BCUT2D eigenvalue weighted by Gasteiger charge is 2.56. The summed E-state index contributed by atoms with van der Waals surface area (Å²) in [5.41, 5.74) is 24.7. The van der Waals surface area contributed by atoms with Crippen LogP contribution in [0.15, 0.2) is 170 Å². The highest BCUT2D eigenvalue weighted by molar-refractivity contribution is 6.26. The molecule has 0 saturated heterocycles. The molecule has 5 aliphatic carbocycles. The molecule has 0 radical (unpaired) electrons. The van der Waals surface area contributed by atoms with Crippen molar-refractivity contribution in [2.45, 2.75) is 18.8 Å². The fourth-order valence-electron chi connectivity index (χ4n) is 12.3. The van der Waals surface area contributed by atoms with Crippen molar-refractivity contribution >= 4 is 37.9 Å². The van der Waals surface area contributed by atoms with Crippen molar-refractivity contribution in [1.82, 2.24) is 0 Å². The fourth-order valence-corrected chi connectivity index (χ4v) is 12.3. The third-order valence-corrected chi connectivity index (χ3v) is 14.3. The van der Waals surface area contributed by atoms with Gasteiger partial charge in [0.1, 0.15) is 0 Å². The van der Waals surface area contributed by atoms with Gasteiger partial charge in [-0.3, -0.25) is 0 Å². The molecule has 0 nitrogen and oxygen atoms in total. The maximum Gasteiger partial charge on any atom is 0.0541 e. The van der Waals surface area contributed by atoms with Gasteiger partial charge in [-0.2, -0.15) is 0 Å². The van der Waals surface area contributed by atoms with Crippen LogP contribution < -0.4 is 0 Å². The van der Waals surface area contributed by atoms with Gasteiger partial charge in [0.2, 0.25) is 0 Å². The van der Waals surface area contributed by atoms with Gasteiger partial charge in [-0.05, 0) is 164 Å². The van der Waals surface area contributed by atoms with E-state index in [0.29, 0.717) is 5.92 Å². The molecule has 0 saturated carbocycles. The van der Waals surface area contributed by atoms with Gasteiger partial charge in [-0.25, -0.2) is 0 Å². The van der Waals surface area contributed by atoms with Crippen molar-refractivity contribution in [3.8, 4) is 66.8 Å². The quantitative estimate of drug-likeness (QED) is 0.159. The third-order valence-electron chi connectivity index (χ3n) is 14.3. The monoisotopic (exact) mass is 706 g/mol. The van der Waals surface area contributed by atoms with Crippen LogP contribution in [-0.2, 0) is 5.41 Å². The Hall–Kier alpha value is -6.76. The predicted octanol–water partition coefficient (Wildman–Crippen LogP) is 14.7. The predicted molar refractivity (Wildman–Crippen MR) is 235 cm³/mol. The normalized spacial score (nSPS) is 18.3. The second-order valence-corrected chi connectivity index (χ2v) is 16.6. The van der Waals surface area contributed by atoms with Crippen molar-refractivity contribution in [3.63, 3.8) is 0 Å². The molecular weight excluding hydrogens is 673 g/mol. The van der Waals surface area contributed by atoms with Crippen LogP contribution in [0.3, 0.4) is 0 Å². The van der Waals surface area contributed by atoms with E-state index in [-0.39, 0.29) is 5.41 Å². The molecule has 258 valence electrons. The summed E-state index contributed by atoms with van der Waals surface area (Å²) in [5.74, 6) is 0.335. The van der Waals surface area contributed by atoms with Gasteiger partial charge in [-0.1, -0.05) is 152 Å². The van der Waals surface area contributed by atoms with Gasteiger partial charge in [0.05, 0.1) is 5.41 Å². The lowest BCUT2D eigenvalue weighted by atomic mass is 9.65. The lowest BCUT2D eigenvalue weighted by Gasteiger charge is -2.36. The lowest BCUT2D eigenvalue weighted by Crippen LogP contribution is -2.32. The second-order valence-electron chi connectivity index (χ2n) is 16.6. The number of allylic oxidation sites excluding steroid dienone is 4. The molecule has 9 aromatic carbocycles. The standard InChI is InChI=1S/C56H34/c1-31-24-25-32-13-10-18-39-36-27-26-34(29-43(36)50(31)51(32)39)52-35-14-3-2-12-33(35)28-44-40-19-11-20-42-53(40)45(55(44)52)30-49-54(42)41-17-6-9-23-48(41)56(49)46-21-7-4-15-37(46)38-16-5-8-22-47(38)56/h2-21,23-30,47H,22H2,1H3. The molecule has 0 bridgehead atoms. The van der Waals surface area contributed by atoms with Gasteiger partial charge >= 0.3 is 0 Å². The van der Waals surface area contributed by atoms with Crippen molar-refractivity contribution in [1.29, 1.82) is 0 Å². The van der Waals surface area contributed by atoms with E-state index in [2.05, 4.69) is 177 Å². The smallest absolute Gasteiger partial charge is 0.0541 e. The molecular formula is C56H34. The summed E-state index contributed by atoms with van der Waals surface area (Å²) in [7, 11) is 0. The van der Waals surface area contributed by atoms with Gasteiger partial charge in [0.25, 0.3) is 0 Å². The molecule has 9 aromatic rings. The van der Waals surface area contributed by atoms with Crippen LogP contribution in [0, 0.1) is 12.8 Å². The molecule has 14 rings (SSSR count). The van der Waals surface area contributed by atoms with E-state index in [9.17, 15) is 0 Å². The van der Waals surface area contributed by atoms with E-state index in [1.807, 2.05) is 0 Å². The highest BCUT2D eigenvalue weighted by Crippen LogP contribution is 2.68. The summed E-state index contributed by atoms with van der Waals surface area (Å²) in [5, 5.41) is 8.07. The van der Waals surface area contributed by atoms with Crippen molar-refractivity contribution < 1.29 is 0 Å². The lowest BCUT2D eigenvalue weighted by molar-refractivity contribution is 0.495. The maximum absolute atomic E-state index is 2.66. The molecule has 0 amide bonds. The Labute approximate surface area is 325 Å². The highest BCUT2D eigenvalue weighted by atomic mass is 14.6. The van der Waals surface area contributed by atoms with Crippen LogP contribution in [-0.4, -0.2) is 0 Å². The number of hydrogen-bond acceptors (Lipinski definition) is 0. The molecule has 0 heteroatoms. The molecule has 56 heavy (non-hydrogen) atoms. The van der Waals surface area contributed by atoms with Crippen molar-refractivity contribution in [2.24, 2.45) is 5.92 Å². The average Bonchev–Trinajstić information content (AvgIpc) is 3.95. The molecule has 2 unspecified atom stereocenters. The van der Waals surface area contributed by atoms with Crippen molar-refractivity contribution in [3.05, 3.63) is 198 Å². The van der Waals surface area contributed by atoms with Crippen LogP contribution >= 0.6 is 0 Å². The van der Waals surface area contributed by atoms with Crippen LogP contribution in [0.1, 0.15) is 34.2 Å². The number of rotatable bonds is 1. The SMILES string of the molecule is Cc1ccc2cccc3c2c1-c1cc(-c2c4c(cc5ccccc25)-c2cccc5c6c(cc-4c25)C2(c4ccccc4C4=CC=CCC42)c2ccccc2-6)ccc1-3. The minimum Gasteiger partial charge on any atom is -0.0839 e. The van der Waals surface area contributed by atoms with Crippen molar-refractivity contribution in [2.75, 3.05) is 0 Å². The van der Waals surface area contributed by atoms with E-state index < -0.39 is 0 Å². The van der Waals surface area contributed by atoms with Gasteiger partial charge < -0.3 is 0 Å². The Morgan fingerprint density at radius 2 is 1.18 bits per heavy atom. The Morgan fingerprint density at radius 1 is 0.446 bits per heavy atom. The molecule has 0 heterocycles. The Morgan fingerprint density at radius 3 is 2.09 bits per heavy atom. The average molecular weight is 707 g/mol. The molecule has 1 spiro atoms. The summed E-state index contributed by atoms with van der Waals surface area (Å²) in [6.45, 7) is 2.28. The largest absolute Gasteiger partial charge is 0.0839 e. The molecule has 2 atom stereocenters. The van der Waals surface area contributed by atoms with Crippen LogP contribution in [0.4, 0.5) is 0 Å². The maximum atomic E-state index is 2.66. The van der Waals surface area contributed by atoms with Gasteiger partial charge in [0.15, 0.2) is 0 Å². The topological polar surface area (TPSA) is 0 Å². The van der Waals surface area contributed by atoms with Crippen LogP contribution in [0.25, 0.3) is 105 Å². The zero-order valence-corrected chi connectivity index (χ0v) is 31.0. The first-order valence-corrected chi connectivity index (χ1v) is 20.1. The number of aryl methyl sites for hydroxylation is 1. The summed E-state index contributed by atoms with van der Waals surface area (Å²) in [6, 6.07) is 58.6. The minimum absolute atomic E-state index is 0.269. The zero-order valence-electron chi connectivity index (χ0n) is 31.0. The Bertz CT molecular complexity index is 3400. The van der Waals surface area contributed by atoms with E-state index in [1.165, 1.54) is 132 Å². The summed E-state index contributed by atoms with van der Waals surface area (Å²) in [4.78, 5) is 0. The summed E-state index contributed by atoms with van der Waals surface area (Å²) >= 11 is 0. The van der Waals surface area contributed by atoms with E-state index in [4.69, 9.17) is 0 Å². The van der Waals surface area contributed by atoms with E-state index >= 15 is 0 Å². The van der Waals surface area contributed by atoms with E-state index in [1.54, 1.807) is 0 Å².